The van der Waals surface area contributed by atoms with Gasteiger partial charge in [0, 0.05) is 38.4 Å². The Hall–Kier alpha value is -2.11. The third-order valence-electron chi connectivity index (χ3n) is 4.45. The van der Waals surface area contributed by atoms with E-state index in [0.717, 1.165) is 31.4 Å². The highest BCUT2D eigenvalue weighted by atomic mass is 16.2. The number of carbonyl (C=O) groups is 2. The standard InChI is InChI=1S/C17H26N4O2/c1-21(2)13-8-9-19-15(10-13)17(23)20-14(11-16(18)22)12-6-4-3-5-7-12/h8-10,12,14H,3-7,11H2,1-2H3,(H2,18,22)(H,20,23). The number of nitrogens with zero attached hydrogens (tertiary/aromatic N) is 2. The van der Waals surface area contributed by atoms with Crippen LogP contribution in [-0.2, 0) is 4.79 Å². The zero-order valence-corrected chi connectivity index (χ0v) is 13.9. The lowest BCUT2D eigenvalue weighted by molar-refractivity contribution is -0.118. The molecule has 6 heteroatoms. The minimum Gasteiger partial charge on any atom is -0.378 e. The Balaban J connectivity index is 2.09. The van der Waals surface area contributed by atoms with Crippen LogP contribution in [0.5, 0.6) is 0 Å². The number of hydrogen-bond acceptors (Lipinski definition) is 4. The summed E-state index contributed by atoms with van der Waals surface area (Å²) >= 11 is 0. The number of carbonyl (C=O) groups excluding carboxylic acids is 2. The van der Waals surface area contributed by atoms with E-state index in [9.17, 15) is 9.59 Å². The molecule has 1 aliphatic carbocycles. The highest BCUT2D eigenvalue weighted by Gasteiger charge is 2.27. The summed E-state index contributed by atoms with van der Waals surface area (Å²) in [5.74, 6) is -0.307. The van der Waals surface area contributed by atoms with E-state index in [-0.39, 0.29) is 24.3 Å². The number of hydrogen-bond donors (Lipinski definition) is 2. The predicted octanol–water partition coefficient (Wildman–Crippen LogP) is 1.70. The number of aromatic nitrogens is 1. The normalized spacial score (nSPS) is 16.6. The molecule has 0 aliphatic heterocycles. The van der Waals surface area contributed by atoms with Gasteiger partial charge in [-0.2, -0.15) is 0 Å². The van der Waals surface area contributed by atoms with Gasteiger partial charge in [-0.15, -0.1) is 0 Å². The summed E-state index contributed by atoms with van der Waals surface area (Å²) in [6.07, 6.45) is 7.37. The summed E-state index contributed by atoms with van der Waals surface area (Å²) < 4.78 is 0. The van der Waals surface area contributed by atoms with E-state index in [1.54, 1.807) is 12.3 Å². The molecule has 0 aromatic carbocycles. The Morgan fingerprint density at radius 3 is 2.65 bits per heavy atom. The predicted molar refractivity (Wildman–Crippen MR) is 90.2 cm³/mol. The zero-order valence-electron chi connectivity index (χ0n) is 13.9. The maximum absolute atomic E-state index is 12.5. The SMILES string of the molecule is CN(C)c1ccnc(C(=O)NC(CC(N)=O)C2CCCCC2)c1. The monoisotopic (exact) mass is 318 g/mol. The fourth-order valence-electron chi connectivity index (χ4n) is 3.15. The highest BCUT2D eigenvalue weighted by Crippen LogP contribution is 2.28. The van der Waals surface area contributed by atoms with E-state index in [0.29, 0.717) is 11.6 Å². The van der Waals surface area contributed by atoms with Crippen LogP contribution in [0.2, 0.25) is 0 Å². The quantitative estimate of drug-likeness (QED) is 0.835. The first-order valence-electron chi connectivity index (χ1n) is 8.20. The lowest BCUT2D eigenvalue weighted by Gasteiger charge is -2.30. The Bertz CT molecular complexity index is 553. The summed E-state index contributed by atoms with van der Waals surface area (Å²) in [7, 11) is 3.82. The third kappa shape index (κ3) is 4.94. The molecule has 2 rings (SSSR count). The van der Waals surface area contributed by atoms with Crippen LogP contribution < -0.4 is 16.0 Å². The van der Waals surface area contributed by atoms with Gasteiger partial charge in [-0.25, -0.2) is 0 Å². The van der Waals surface area contributed by atoms with Gasteiger partial charge >= 0.3 is 0 Å². The van der Waals surface area contributed by atoms with Gasteiger partial charge in [-0.05, 0) is 30.9 Å². The summed E-state index contributed by atoms with van der Waals surface area (Å²) in [5.41, 5.74) is 6.64. The van der Waals surface area contributed by atoms with Crippen LogP contribution in [0.25, 0.3) is 0 Å². The minimum absolute atomic E-state index is 0.184. The van der Waals surface area contributed by atoms with E-state index >= 15 is 0 Å². The molecule has 0 bridgehead atoms. The highest BCUT2D eigenvalue weighted by molar-refractivity contribution is 5.93. The number of amides is 2. The van der Waals surface area contributed by atoms with Gasteiger partial charge in [0.1, 0.15) is 5.69 Å². The van der Waals surface area contributed by atoms with Crippen LogP contribution >= 0.6 is 0 Å². The number of nitrogens with one attached hydrogen (secondary N) is 1. The molecule has 1 saturated carbocycles. The molecule has 1 unspecified atom stereocenters. The topological polar surface area (TPSA) is 88.3 Å². The Labute approximate surface area is 137 Å². The van der Waals surface area contributed by atoms with Gasteiger partial charge in [-0.3, -0.25) is 14.6 Å². The molecular formula is C17H26N4O2. The van der Waals surface area contributed by atoms with E-state index < -0.39 is 0 Å². The molecular weight excluding hydrogens is 292 g/mol. The van der Waals surface area contributed by atoms with Crippen molar-refractivity contribution in [2.45, 2.75) is 44.6 Å². The maximum Gasteiger partial charge on any atom is 0.270 e. The molecule has 1 fully saturated rings. The molecule has 1 aromatic heterocycles. The summed E-state index contributed by atoms with van der Waals surface area (Å²) in [6.45, 7) is 0. The molecule has 23 heavy (non-hydrogen) atoms. The molecule has 3 N–H and O–H groups in total. The van der Waals surface area contributed by atoms with Crippen LogP contribution in [0.1, 0.15) is 49.0 Å². The first-order valence-corrected chi connectivity index (χ1v) is 8.20. The zero-order chi connectivity index (χ0) is 16.8. The molecule has 0 saturated heterocycles. The number of nitrogens with two attached hydrogens (primary N) is 1. The third-order valence-corrected chi connectivity index (χ3v) is 4.45. The van der Waals surface area contributed by atoms with Crippen LogP contribution in [0.3, 0.4) is 0 Å². The first kappa shape index (κ1) is 17.2. The van der Waals surface area contributed by atoms with Gasteiger partial charge in [0.25, 0.3) is 5.91 Å². The second-order valence-corrected chi connectivity index (χ2v) is 6.44. The Morgan fingerprint density at radius 2 is 2.04 bits per heavy atom. The maximum atomic E-state index is 12.5. The minimum atomic E-state index is -0.379. The first-order chi connectivity index (χ1) is 11.0. The number of pyridine rings is 1. The molecule has 2 amide bonds. The number of primary amides is 1. The van der Waals surface area contributed by atoms with Crippen LogP contribution in [-0.4, -0.2) is 36.9 Å². The molecule has 1 heterocycles. The van der Waals surface area contributed by atoms with Crippen molar-refractivity contribution in [3.63, 3.8) is 0 Å². The summed E-state index contributed by atoms with van der Waals surface area (Å²) in [5, 5.41) is 2.98. The average molecular weight is 318 g/mol. The van der Waals surface area contributed by atoms with Gasteiger partial charge in [0.15, 0.2) is 0 Å². The van der Waals surface area contributed by atoms with Crippen molar-refractivity contribution in [2.75, 3.05) is 19.0 Å². The van der Waals surface area contributed by atoms with Crippen molar-refractivity contribution < 1.29 is 9.59 Å². The van der Waals surface area contributed by atoms with Crippen LogP contribution in [0.15, 0.2) is 18.3 Å². The van der Waals surface area contributed by atoms with E-state index in [1.165, 1.54) is 6.42 Å². The summed E-state index contributed by atoms with van der Waals surface area (Å²) in [6, 6.07) is 3.39. The lowest BCUT2D eigenvalue weighted by Crippen LogP contribution is -2.43. The molecule has 0 spiro atoms. The van der Waals surface area contributed by atoms with Crippen molar-refractivity contribution >= 4 is 17.5 Å². The molecule has 126 valence electrons. The average Bonchev–Trinajstić information content (AvgIpc) is 2.54. The Kier molecular flexibility index (Phi) is 5.96. The van der Waals surface area contributed by atoms with Crippen LogP contribution in [0.4, 0.5) is 5.69 Å². The fourth-order valence-corrected chi connectivity index (χ4v) is 3.15. The second-order valence-electron chi connectivity index (χ2n) is 6.44. The second kappa shape index (κ2) is 7.94. The fraction of sp³-hybridized carbons (Fsp3) is 0.588. The van der Waals surface area contributed by atoms with E-state index in [1.807, 2.05) is 25.1 Å². The molecule has 0 radical (unpaired) electrons. The largest absolute Gasteiger partial charge is 0.378 e. The van der Waals surface area contributed by atoms with Crippen LogP contribution in [0, 0.1) is 5.92 Å². The van der Waals surface area contributed by atoms with Crippen molar-refractivity contribution in [1.29, 1.82) is 0 Å². The molecule has 6 nitrogen and oxygen atoms in total. The van der Waals surface area contributed by atoms with Gasteiger partial charge in [0.2, 0.25) is 5.91 Å². The van der Waals surface area contributed by atoms with Gasteiger partial charge < -0.3 is 16.0 Å². The Morgan fingerprint density at radius 1 is 1.35 bits per heavy atom. The lowest BCUT2D eigenvalue weighted by atomic mass is 9.82. The van der Waals surface area contributed by atoms with Crippen molar-refractivity contribution in [1.82, 2.24) is 10.3 Å². The van der Waals surface area contributed by atoms with Gasteiger partial charge in [0.05, 0.1) is 0 Å². The van der Waals surface area contributed by atoms with E-state index in [4.69, 9.17) is 5.73 Å². The smallest absolute Gasteiger partial charge is 0.270 e. The van der Waals surface area contributed by atoms with Crippen molar-refractivity contribution in [2.24, 2.45) is 11.7 Å². The van der Waals surface area contributed by atoms with Gasteiger partial charge in [-0.1, -0.05) is 19.3 Å². The molecule has 1 aromatic rings. The van der Waals surface area contributed by atoms with Crippen molar-refractivity contribution in [3.05, 3.63) is 24.0 Å². The molecule has 1 aliphatic rings. The number of rotatable bonds is 6. The van der Waals surface area contributed by atoms with Crippen molar-refractivity contribution in [3.8, 4) is 0 Å². The number of anilines is 1. The summed E-state index contributed by atoms with van der Waals surface area (Å²) in [4.78, 5) is 29.9. The van der Waals surface area contributed by atoms with E-state index in [2.05, 4.69) is 10.3 Å². The molecule has 1 atom stereocenters.